The second kappa shape index (κ2) is 6.33. The highest BCUT2D eigenvalue weighted by Gasteiger charge is 2.20. The van der Waals surface area contributed by atoms with Gasteiger partial charge < -0.3 is 5.32 Å². The normalized spacial score (nSPS) is 19.5. The summed E-state index contributed by atoms with van der Waals surface area (Å²) in [5.41, 5.74) is 2.39. The molecule has 1 aliphatic heterocycles. The van der Waals surface area contributed by atoms with Crippen LogP contribution in [0, 0.1) is 0 Å². The first kappa shape index (κ1) is 14.3. The van der Waals surface area contributed by atoms with E-state index >= 15 is 0 Å². The highest BCUT2D eigenvalue weighted by Crippen LogP contribution is 2.16. The number of para-hydroxylation sites is 1. The van der Waals surface area contributed by atoms with Crippen molar-refractivity contribution < 1.29 is 0 Å². The molecule has 0 amide bonds. The summed E-state index contributed by atoms with van der Waals surface area (Å²) in [4.78, 5) is 7.01. The van der Waals surface area contributed by atoms with E-state index in [-0.39, 0.29) is 12.4 Å². The number of likely N-dealkylation sites (N-methyl/N-ethyl adjacent to an activating group) is 1. The Kier molecular flexibility index (Phi) is 4.75. The molecule has 1 aliphatic rings. The summed E-state index contributed by atoms with van der Waals surface area (Å²) in [6, 6.07) is 11.2. The number of nitrogens with one attached hydrogen (secondary N) is 1. The Balaban J connectivity index is 0.00000133. The van der Waals surface area contributed by atoms with E-state index in [1.807, 2.05) is 19.3 Å². The number of likely N-dealkylation sites (tertiary alicyclic amines) is 1. The zero-order chi connectivity index (χ0) is 12.4. The molecule has 1 N–H and O–H groups in total. The maximum absolute atomic E-state index is 4.52. The third kappa shape index (κ3) is 3.24. The maximum Gasteiger partial charge on any atom is 0.0702 e. The van der Waals surface area contributed by atoms with Crippen molar-refractivity contribution in [2.45, 2.75) is 19.0 Å². The summed E-state index contributed by atoms with van der Waals surface area (Å²) >= 11 is 0. The van der Waals surface area contributed by atoms with Crippen LogP contribution in [0.3, 0.4) is 0 Å². The van der Waals surface area contributed by atoms with Gasteiger partial charge in [0.1, 0.15) is 0 Å². The Morgan fingerprint density at radius 1 is 1.37 bits per heavy atom. The number of hydrogen-bond donors (Lipinski definition) is 1. The number of benzene rings is 1. The van der Waals surface area contributed by atoms with E-state index in [9.17, 15) is 0 Å². The van der Waals surface area contributed by atoms with Crippen LogP contribution in [0.15, 0.2) is 36.5 Å². The van der Waals surface area contributed by atoms with Gasteiger partial charge >= 0.3 is 0 Å². The van der Waals surface area contributed by atoms with Gasteiger partial charge in [-0.3, -0.25) is 9.88 Å². The fraction of sp³-hybridized carbons (Fsp3) is 0.400. The number of rotatable bonds is 3. The molecule has 4 heteroatoms. The van der Waals surface area contributed by atoms with E-state index in [2.05, 4.69) is 39.5 Å². The summed E-state index contributed by atoms with van der Waals surface area (Å²) in [7, 11) is 2.05. The predicted octanol–water partition coefficient (Wildman–Crippen LogP) is 2.45. The van der Waals surface area contributed by atoms with Crippen molar-refractivity contribution >= 4 is 23.3 Å². The SMILES string of the molecule is CNC1CCN(Cc2cnc3ccccc3c2)C1.Cl. The minimum atomic E-state index is 0. The molecule has 1 aromatic carbocycles. The van der Waals surface area contributed by atoms with Gasteiger partial charge in [0.05, 0.1) is 5.52 Å². The molecule has 0 aliphatic carbocycles. The first-order valence-electron chi connectivity index (χ1n) is 6.58. The second-order valence-corrected chi connectivity index (χ2v) is 5.05. The van der Waals surface area contributed by atoms with Gasteiger partial charge in [0, 0.05) is 37.3 Å². The van der Waals surface area contributed by atoms with E-state index in [1.54, 1.807) is 0 Å². The van der Waals surface area contributed by atoms with Crippen LogP contribution in [-0.2, 0) is 6.54 Å². The first-order valence-corrected chi connectivity index (χ1v) is 6.58. The molecule has 19 heavy (non-hydrogen) atoms. The van der Waals surface area contributed by atoms with Crippen molar-refractivity contribution in [2.24, 2.45) is 0 Å². The van der Waals surface area contributed by atoms with Crippen LogP contribution in [0.1, 0.15) is 12.0 Å². The summed E-state index contributed by atoms with van der Waals surface area (Å²) in [5, 5.41) is 4.59. The van der Waals surface area contributed by atoms with Crippen LogP contribution in [0.2, 0.25) is 0 Å². The Labute approximate surface area is 120 Å². The Hall–Kier alpha value is -1.16. The molecule has 2 aromatic rings. The van der Waals surface area contributed by atoms with E-state index in [1.165, 1.54) is 23.9 Å². The molecule has 1 fully saturated rings. The molecule has 0 bridgehead atoms. The van der Waals surface area contributed by atoms with Crippen LogP contribution >= 0.6 is 12.4 Å². The quantitative estimate of drug-likeness (QED) is 0.934. The van der Waals surface area contributed by atoms with Gasteiger partial charge in [-0.1, -0.05) is 18.2 Å². The van der Waals surface area contributed by atoms with Crippen LogP contribution in [0.5, 0.6) is 0 Å². The van der Waals surface area contributed by atoms with Crippen LogP contribution < -0.4 is 5.32 Å². The van der Waals surface area contributed by atoms with Gasteiger partial charge in [-0.05, 0) is 31.2 Å². The first-order chi connectivity index (χ1) is 8.85. The number of nitrogens with zero attached hydrogens (tertiary/aromatic N) is 2. The van der Waals surface area contributed by atoms with E-state index in [4.69, 9.17) is 0 Å². The van der Waals surface area contributed by atoms with E-state index in [0.717, 1.165) is 18.6 Å². The molecule has 102 valence electrons. The zero-order valence-electron chi connectivity index (χ0n) is 11.2. The second-order valence-electron chi connectivity index (χ2n) is 5.05. The predicted molar refractivity (Wildman–Crippen MR) is 81.7 cm³/mol. The van der Waals surface area contributed by atoms with E-state index in [0.29, 0.717) is 6.04 Å². The summed E-state index contributed by atoms with van der Waals surface area (Å²) < 4.78 is 0. The van der Waals surface area contributed by atoms with Gasteiger partial charge in [0.25, 0.3) is 0 Å². The third-order valence-electron chi connectivity index (χ3n) is 3.73. The highest BCUT2D eigenvalue weighted by atomic mass is 35.5. The average Bonchev–Trinajstić information content (AvgIpc) is 2.86. The smallest absolute Gasteiger partial charge is 0.0702 e. The molecule has 2 heterocycles. The molecular weight excluding hydrogens is 258 g/mol. The number of pyridine rings is 1. The number of halogens is 1. The monoisotopic (exact) mass is 277 g/mol. The Morgan fingerprint density at radius 3 is 3.00 bits per heavy atom. The van der Waals surface area contributed by atoms with Gasteiger partial charge in [-0.25, -0.2) is 0 Å². The molecular formula is C15H20ClN3. The lowest BCUT2D eigenvalue weighted by Crippen LogP contribution is -2.29. The topological polar surface area (TPSA) is 28.2 Å². The molecule has 0 radical (unpaired) electrons. The van der Waals surface area contributed by atoms with Crippen LogP contribution in [0.4, 0.5) is 0 Å². The fourth-order valence-corrected chi connectivity index (χ4v) is 2.67. The van der Waals surface area contributed by atoms with Crippen molar-refractivity contribution in [3.8, 4) is 0 Å². The lowest BCUT2D eigenvalue weighted by atomic mass is 10.1. The van der Waals surface area contributed by atoms with Gasteiger partial charge in [-0.15, -0.1) is 12.4 Å². The van der Waals surface area contributed by atoms with Crippen LogP contribution in [0.25, 0.3) is 10.9 Å². The number of fused-ring (bicyclic) bond motifs is 1. The average molecular weight is 278 g/mol. The molecule has 1 atom stereocenters. The minimum absolute atomic E-state index is 0. The Morgan fingerprint density at radius 2 is 2.21 bits per heavy atom. The highest BCUT2D eigenvalue weighted by molar-refractivity contribution is 5.85. The standard InChI is InChI=1S/C15H19N3.ClH/c1-16-14-6-7-18(11-14)10-12-8-13-4-2-3-5-15(13)17-9-12;/h2-5,8-9,14,16H,6-7,10-11H2,1H3;1H. The molecule has 1 aromatic heterocycles. The third-order valence-corrected chi connectivity index (χ3v) is 3.73. The molecule has 3 rings (SSSR count). The molecule has 0 spiro atoms. The van der Waals surface area contributed by atoms with Gasteiger partial charge in [-0.2, -0.15) is 0 Å². The van der Waals surface area contributed by atoms with Crippen molar-refractivity contribution in [3.63, 3.8) is 0 Å². The van der Waals surface area contributed by atoms with Crippen molar-refractivity contribution in [3.05, 3.63) is 42.1 Å². The molecule has 1 unspecified atom stereocenters. The molecule has 3 nitrogen and oxygen atoms in total. The van der Waals surface area contributed by atoms with E-state index < -0.39 is 0 Å². The molecule has 0 saturated carbocycles. The van der Waals surface area contributed by atoms with Crippen molar-refractivity contribution in [1.82, 2.24) is 15.2 Å². The summed E-state index contributed by atoms with van der Waals surface area (Å²) in [6.07, 6.45) is 3.26. The summed E-state index contributed by atoms with van der Waals surface area (Å²) in [5.74, 6) is 0. The van der Waals surface area contributed by atoms with Crippen LogP contribution in [-0.4, -0.2) is 36.1 Å². The number of aromatic nitrogens is 1. The van der Waals surface area contributed by atoms with Crippen molar-refractivity contribution in [1.29, 1.82) is 0 Å². The molecule has 1 saturated heterocycles. The number of hydrogen-bond acceptors (Lipinski definition) is 3. The lowest BCUT2D eigenvalue weighted by molar-refractivity contribution is 0.322. The zero-order valence-corrected chi connectivity index (χ0v) is 12.0. The minimum Gasteiger partial charge on any atom is -0.316 e. The Bertz CT molecular complexity index is 544. The van der Waals surface area contributed by atoms with Gasteiger partial charge in [0.2, 0.25) is 0 Å². The van der Waals surface area contributed by atoms with Crippen molar-refractivity contribution in [2.75, 3.05) is 20.1 Å². The largest absolute Gasteiger partial charge is 0.316 e. The maximum atomic E-state index is 4.52. The van der Waals surface area contributed by atoms with Gasteiger partial charge in [0.15, 0.2) is 0 Å². The lowest BCUT2D eigenvalue weighted by Gasteiger charge is -2.15. The fourth-order valence-electron chi connectivity index (χ4n) is 2.67. The summed E-state index contributed by atoms with van der Waals surface area (Å²) in [6.45, 7) is 3.33.